The first-order chi connectivity index (χ1) is 10.5. The molecule has 0 spiro atoms. The molecule has 5 heteroatoms. The molecule has 0 amide bonds. The molecule has 0 fully saturated rings. The van der Waals surface area contributed by atoms with Crippen molar-refractivity contribution in [3.05, 3.63) is 45.3 Å². The molecule has 1 aromatic carbocycles. The van der Waals surface area contributed by atoms with Crippen molar-refractivity contribution in [2.75, 3.05) is 6.61 Å². The lowest BCUT2D eigenvalue weighted by Crippen LogP contribution is -2.27. The van der Waals surface area contributed by atoms with Gasteiger partial charge in [0.15, 0.2) is 0 Å². The fourth-order valence-corrected chi connectivity index (χ4v) is 2.82. The van der Waals surface area contributed by atoms with Crippen LogP contribution in [-0.4, -0.2) is 17.7 Å². The maximum absolute atomic E-state index is 12.2. The van der Waals surface area contributed by atoms with E-state index >= 15 is 0 Å². The highest BCUT2D eigenvalue weighted by Crippen LogP contribution is 2.33. The predicted molar refractivity (Wildman–Crippen MR) is 81.6 cm³/mol. The van der Waals surface area contributed by atoms with E-state index < -0.39 is 11.5 Å². The van der Waals surface area contributed by atoms with Gasteiger partial charge in [-0.05, 0) is 38.0 Å². The molecule has 1 aromatic heterocycles. The van der Waals surface area contributed by atoms with E-state index in [1.165, 1.54) is 6.07 Å². The first kappa shape index (κ1) is 14.4. The zero-order chi connectivity index (χ0) is 15.9. The third kappa shape index (κ3) is 2.28. The Kier molecular flexibility index (Phi) is 3.48. The number of hydrogen-bond donors (Lipinski definition) is 1. The number of fused-ring (bicyclic) bond motifs is 3. The van der Waals surface area contributed by atoms with Crippen LogP contribution in [0.4, 0.5) is 0 Å². The lowest BCUT2D eigenvalue weighted by atomic mass is 9.84. The minimum absolute atomic E-state index is 0.0384. The van der Waals surface area contributed by atoms with E-state index in [9.17, 15) is 14.7 Å². The fraction of sp³-hybridized carbons (Fsp3) is 0.294. The highest BCUT2D eigenvalue weighted by atomic mass is 16.5. The normalized spacial score (nSPS) is 17.0. The summed E-state index contributed by atoms with van der Waals surface area (Å²) in [5.41, 5.74) is 1.94. The number of aromatic hydroxyl groups is 1. The van der Waals surface area contributed by atoms with Gasteiger partial charge in [-0.15, -0.1) is 0 Å². The molecule has 22 heavy (non-hydrogen) atoms. The number of ether oxygens (including phenoxy) is 1. The Hall–Kier alpha value is -2.56. The number of phenolic OH excluding ortho intramolecular Hbond substituents is 1. The van der Waals surface area contributed by atoms with Crippen LogP contribution in [0.1, 0.15) is 25.0 Å². The van der Waals surface area contributed by atoms with Crippen LogP contribution in [0.15, 0.2) is 33.0 Å². The monoisotopic (exact) mass is 300 g/mol. The number of benzene rings is 1. The summed E-state index contributed by atoms with van der Waals surface area (Å²) in [7, 11) is 0. The van der Waals surface area contributed by atoms with Crippen molar-refractivity contribution in [1.29, 1.82) is 0 Å². The third-order valence-electron chi connectivity index (χ3n) is 3.93. The van der Waals surface area contributed by atoms with E-state index in [2.05, 4.69) is 0 Å². The van der Waals surface area contributed by atoms with Gasteiger partial charge in [0.05, 0.1) is 12.5 Å². The summed E-state index contributed by atoms with van der Waals surface area (Å²) in [5.74, 6) is -0.742. The van der Waals surface area contributed by atoms with Gasteiger partial charge in [-0.1, -0.05) is 11.6 Å². The number of carbonyl (C=O) groups excluding carboxylic acids is 1. The van der Waals surface area contributed by atoms with Crippen LogP contribution in [0.3, 0.4) is 0 Å². The molecule has 2 aromatic rings. The lowest BCUT2D eigenvalue weighted by Gasteiger charge is -2.22. The standard InChI is InChI=1S/C17H16O5/c1-3-21-16(19)12-8-14-13(6-9(12)2)11-5-4-10(18)7-15(11)22-17(14)20/h4-7,12,18H,3,8H2,1-2H3. The Bertz CT molecular complexity index is 844. The Labute approximate surface area is 126 Å². The van der Waals surface area contributed by atoms with E-state index in [-0.39, 0.29) is 18.1 Å². The predicted octanol–water partition coefficient (Wildman–Crippen LogP) is 2.64. The summed E-state index contributed by atoms with van der Waals surface area (Å²) in [6, 6.07) is 4.67. The molecule has 1 aliphatic rings. The van der Waals surface area contributed by atoms with Crippen molar-refractivity contribution in [3.8, 4) is 5.75 Å². The molecule has 1 heterocycles. The van der Waals surface area contributed by atoms with Gasteiger partial charge in [0, 0.05) is 17.0 Å². The molecule has 0 aliphatic heterocycles. The van der Waals surface area contributed by atoms with E-state index in [1.54, 1.807) is 19.1 Å². The molecule has 1 N–H and O–H groups in total. The van der Waals surface area contributed by atoms with Crippen LogP contribution in [0.25, 0.3) is 17.0 Å². The number of hydrogen-bond acceptors (Lipinski definition) is 5. The largest absolute Gasteiger partial charge is 0.508 e. The summed E-state index contributed by atoms with van der Waals surface area (Å²) in [6.45, 7) is 3.91. The second-order valence-corrected chi connectivity index (χ2v) is 5.36. The highest BCUT2D eigenvalue weighted by Gasteiger charge is 2.29. The second kappa shape index (κ2) is 5.33. The molecule has 1 unspecified atom stereocenters. The van der Waals surface area contributed by atoms with Crippen molar-refractivity contribution in [1.82, 2.24) is 0 Å². The van der Waals surface area contributed by atoms with Gasteiger partial charge < -0.3 is 14.3 Å². The third-order valence-corrected chi connectivity index (χ3v) is 3.93. The Morgan fingerprint density at radius 3 is 2.95 bits per heavy atom. The number of carbonyl (C=O) groups is 1. The quantitative estimate of drug-likeness (QED) is 0.681. The SMILES string of the molecule is CCOC(=O)C1Cc2c(c3ccc(O)cc3oc2=O)C=C1C. The zero-order valence-corrected chi connectivity index (χ0v) is 12.4. The van der Waals surface area contributed by atoms with Gasteiger partial charge >= 0.3 is 11.6 Å². The maximum Gasteiger partial charge on any atom is 0.340 e. The Morgan fingerprint density at radius 2 is 2.23 bits per heavy atom. The van der Waals surface area contributed by atoms with Gasteiger partial charge in [0.2, 0.25) is 0 Å². The van der Waals surface area contributed by atoms with Crippen LogP contribution in [-0.2, 0) is 16.0 Å². The first-order valence-electron chi connectivity index (χ1n) is 7.14. The topological polar surface area (TPSA) is 76.7 Å². The van der Waals surface area contributed by atoms with Gasteiger partial charge in [0.25, 0.3) is 0 Å². The van der Waals surface area contributed by atoms with Crippen LogP contribution in [0.5, 0.6) is 5.75 Å². The molecule has 0 saturated carbocycles. The van der Waals surface area contributed by atoms with Gasteiger partial charge in [-0.25, -0.2) is 4.79 Å². The molecule has 1 aliphatic carbocycles. The molecule has 3 rings (SSSR count). The molecule has 5 nitrogen and oxygen atoms in total. The molecule has 0 saturated heterocycles. The maximum atomic E-state index is 12.2. The van der Waals surface area contributed by atoms with Crippen LogP contribution >= 0.6 is 0 Å². The van der Waals surface area contributed by atoms with Crippen molar-refractivity contribution in [3.63, 3.8) is 0 Å². The minimum atomic E-state index is -0.480. The van der Waals surface area contributed by atoms with E-state index in [0.29, 0.717) is 17.8 Å². The summed E-state index contributed by atoms with van der Waals surface area (Å²) in [6.07, 6.45) is 2.10. The average Bonchev–Trinajstić information content (AvgIpc) is 2.46. The first-order valence-corrected chi connectivity index (χ1v) is 7.14. The fourth-order valence-electron chi connectivity index (χ4n) is 2.82. The molecular formula is C17H16O5. The van der Waals surface area contributed by atoms with E-state index in [1.807, 2.05) is 13.0 Å². The summed E-state index contributed by atoms with van der Waals surface area (Å²) in [4.78, 5) is 24.2. The van der Waals surface area contributed by atoms with Crippen molar-refractivity contribution >= 4 is 23.0 Å². The van der Waals surface area contributed by atoms with E-state index in [0.717, 1.165) is 16.5 Å². The van der Waals surface area contributed by atoms with Gasteiger partial charge in [-0.2, -0.15) is 0 Å². The minimum Gasteiger partial charge on any atom is -0.508 e. The number of phenols is 1. The second-order valence-electron chi connectivity index (χ2n) is 5.36. The van der Waals surface area contributed by atoms with Crippen molar-refractivity contribution < 1.29 is 19.1 Å². The molecule has 0 bridgehead atoms. The number of rotatable bonds is 2. The Morgan fingerprint density at radius 1 is 1.45 bits per heavy atom. The van der Waals surface area contributed by atoms with Crippen LogP contribution in [0, 0.1) is 5.92 Å². The molecule has 114 valence electrons. The Balaban J connectivity index is 2.17. The average molecular weight is 300 g/mol. The van der Waals surface area contributed by atoms with E-state index in [4.69, 9.17) is 9.15 Å². The summed E-state index contributed by atoms with van der Waals surface area (Å²) >= 11 is 0. The zero-order valence-electron chi connectivity index (χ0n) is 12.4. The molecule has 0 radical (unpaired) electrons. The lowest BCUT2D eigenvalue weighted by molar-refractivity contribution is -0.146. The van der Waals surface area contributed by atoms with Crippen LogP contribution in [0.2, 0.25) is 0 Å². The van der Waals surface area contributed by atoms with Crippen molar-refractivity contribution in [2.45, 2.75) is 20.3 Å². The summed E-state index contributed by atoms with van der Waals surface area (Å²) in [5, 5.41) is 10.3. The van der Waals surface area contributed by atoms with Gasteiger partial charge in [0.1, 0.15) is 11.3 Å². The number of esters is 1. The summed E-state index contributed by atoms with van der Waals surface area (Å²) < 4.78 is 10.3. The van der Waals surface area contributed by atoms with Gasteiger partial charge in [-0.3, -0.25) is 4.79 Å². The highest BCUT2D eigenvalue weighted by molar-refractivity contribution is 5.91. The smallest absolute Gasteiger partial charge is 0.340 e. The van der Waals surface area contributed by atoms with Crippen molar-refractivity contribution in [2.24, 2.45) is 5.92 Å². The molecule has 1 atom stereocenters. The van der Waals surface area contributed by atoms with Crippen LogP contribution < -0.4 is 5.63 Å². The molecular weight excluding hydrogens is 284 g/mol.